The number of aliphatic carboxylic acids is 1. The molecule has 1 aromatic rings. The molecule has 0 bridgehead atoms. The van der Waals surface area contributed by atoms with E-state index in [4.69, 9.17) is 9.84 Å². The number of carboxylic acids is 1. The van der Waals surface area contributed by atoms with Crippen molar-refractivity contribution in [2.45, 2.75) is 25.5 Å². The molecule has 0 aliphatic carbocycles. The molecular formula is C17H24N2O5. The Hall–Kier alpha value is -2.12. The lowest BCUT2D eigenvalue weighted by molar-refractivity contribution is -0.138. The predicted molar refractivity (Wildman–Crippen MR) is 88.0 cm³/mol. The molecule has 1 aliphatic rings. The standard InChI is InChI=1S/C17H24N2O5/c1-3-12-6-4-5-7-15(12)24-11-16(21)19-8-13(14(20)9-19)18(2)10-17(22)23/h4-7,13-14,20H,3,8-11H2,1-2H3,(H,22,23)/t13-,14+/m0/s1. The third-order valence-electron chi connectivity index (χ3n) is 4.27. The van der Waals surface area contributed by atoms with Crippen molar-refractivity contribution < 1.29 is 24.5 Å². The Kier molecular flexibility index (Phi) is 6.16. The molecule has 132 valence electrons. The van der Waals surface area contributed by atoms with Crippen molar-refractivity contribution in [3.8, 4) is 5.75 Å². The number of nitrogens with zero attached hydrogens (tertiary/aromatic N) is 2. The summed E-state index contributed by atoms with van der Waals surface area (Å²) >= 11 is 0. The molecule has 0 spiro atoms. The number of carbonyl (C=O) groups is 2. The lowest BCUT2D eigenvalue weighted by Crippen LogP contribution is -2.43. The zero-order valence-corrected chi connectivity index (χ0v) is 14.0. The fourth-order valence-corrected chi connectivity index (χ4v) is 2.90. The Morgan fingerprint density at radius 3 is 2.71 bits per heavy atom. The fraction of sp³-hybridized carbons (Fsp3) is 0.529. The predicted octanol–water partition coefficient (Wildman–Crippen LogP) is 0.216. The van der Waals surface area contributed by atoms with Crippen molar-refractivity contribution in [1.82, 2.24) is 9.80 Å². The highest BCUT2D eigenvalue weighted by Gasteiger charge is 2.36. The molecule has 0 unspecified atom stereocenters. The number of aliphatic hydroxyl groups is 1. The highest BCUT2D eigenvalue weighted by atomic mass is 16.5. The van der Waals surface area contributed by atoms with Crippen LogP contribution < -0.4 is 4.74 Å². The SMILES string of the molecule is CCc1ccccc1OCC(=O)N1C[C@@H](O)[C@@H](N(C)CC(=O)O)C1. The van der Waals surface area contributed by atoms with Crippen LogP contribution in [0.1, 0.15) is 12.5 Å². The Bertz CT molecular complexity index is 592. The van der Waals surface area contributed by atoms with E-state index in [0.29, 0.717) is 12.3 Å². The van der Waals surface area contributed by atoms with Crippen molar-refractivity contribution in [2.75, 3.05) is 33.3 Å². The molecule has 1 aliphatic heterocycles. The molecule has 24 heavy (non-hydrogen) atoms. The summed E-state index contributed by atoms with van der Waals surface area (Å²) in [4.78, 5) is 26.2. The minimum Gasteiger partial charge on any atom is -0.483 e. The molecule has 7 heteroatoms. The van der Waals surface area contributed by atoms with Crippen molar-refractivity contribution in [3.05, 3.63) is 29.8 Å². The summed E-state index contributed by atoms with van der Waals surface area (Å²) in [6.45, 7) is 2.22. The van der Waals surface area contributed by atoms with E-state index in [9.17, 15) is 14.7 Å². The van der Waals surface area contributed by atoms with Gasteiger partial charge < -0.3 is 19.8 Å². The molecular weight excluding hydrogens is 312 g/mol. The summed E-state index contributed by atoms with van der Waals surface area (Å²) in [5.74, 6) is -0.493. The van der Waals surface area contributed by atoms with Crippen molar-refractivity contribution in [3.63, 3.8) is 0 Å². The number of amides is 1. The van der Waals surface area contributed by atoms with Crippen LogP contribution in [0.3, 0.4) is 0 Å². The van der Waals surface area contributed by atoms with Gasteiger partial charge in [0.25, 0.3) is 5.91 Å². The van der Waals surface area contributed by atoms with Gasteiger partial charge in [-0.2, -0.15) is 0 Å². The second kappa shape index (κ2) is 8.12. The Morgan fingerprint density at radius 1 is 1.33 bits per heavy atom. The van der Waals surface area contributed by atoms with Gasteiger partial charge in [-0.1, -0.05) is 25.1 Å². The number of rotatable bonds is 7. The third-order valence-corrected chi connectivity index (χ3v) is 4.27. The minimum atomic E-state index is -0.964. The van der Waals surface area contributed by atoms with Gasteiger partial charge in [-0.05, 0) is 25.1 Å². The molecule has 1 saturated heterocycles. The Balaban J connectivity index is 1.90. The summed E-state index contributed by atoms with van der Waals surface area (Å²) in [5.41, 5.74) is 1.03. The van der Waals surface area contributed by atoms with E-state index < -0.39 is 12.1 Å². The van der Waals surface area contributed by atoms with Gasteiger partial charge in [0.1, 0.15) is 5.75 Å². The first-order valence-corrected chi connectivity index (χ1v) is 8.01. The molecule has 2 atom stereocenters. The summed E-state index contributed by atoms with van der Waals surface area (Å²) in [7, 11) is 1.63. The molecule has 1 aromatic carbocycles. The van der Waals surface area contributed by atoms with E-state index >= 15 is 0 Å². The van der Waals surface area contributed by atoms with Crippen LogP contribution in [0, 0.1) is 0 Å². The van der Waals surface area contributed by atoms with Crippen LogP contribution in [0.15, 0.2) is 24.3 Å². The van der Waals surface area contributed by atoms with Gasteiger partial charge in [0.2, 0.25) is 0 Å². The average Bonchev–Trinajstić information content (AvgIpc) is 2.94. The molecule has 0 aromatic heterocycles. The van der Waals surface area contributed by atoms with Gasteiger partial charge >= 0.3 is 5.97 Å². The molecule has 0 saturated carbocycles. The number of benzene rings is 1. The maximum Gasteiger partial charge on any atom is 0.317 e. The van der Waals surface area contributed by atoms with Crippen LogP contribution in [0.4, 0.5) is 0 Å². The van der Waals surface area contributed by atoms with Crippen LogP contribution in [0.25, 0.3) is 0 Å². The first kappa shape index (κ1) is 18.2. The third kappa shape index (κ3) is 4.46. The van der Waals surface area contributed by atoms with E-state index in [0.717, 1.165) is 12.0 Å². The number of β-amino-alcohol motifs (C(OH)–C–C–N with tert-alkyl or cyclic N) is 1. The van der Waals surface area contributed by atoms with Crippen molar-refractivity contribution in [2.24, 2.45) is 0 Å². The number of aryl methyl sites for hydroxylation is 1. The fourth-order valence-electron chi connectivity index (χ4n) is 2.90. The minimum absolute atomic E-state index is 0.0981. The normalized spacial score (nSPS) is 20.4. The molecule has 1 heterocycles. The Labute approximate surface area is 141 Å². The molecule has 7 nitrogen and oxygen atoms in total. The number of likely N-dealkylation sites (tertiary alicyclic amines) is 1. The van der Waals surface area contributed by atoms with Gasteiger partial charge in [-0.3, -0.25) is 14.5 Å². The highest BCUT2D eigenvalue weighted by molar-refractivity contribution is 5.78. The first-order chi connectivity index (χ1) is 11.4. The van der Waals surface area contributed by atoms with Gasteiger partial charge in [-0.25, -0.2) is 0 Å². The van der Waals surface area contributed by atoms with Gasteiger partial charge in [0, 0.05) is 13.1 Å². The van der Waals surface area contributed by atoms with Crippen molar-refractivity contribution >= 4 is 11.9 Å². The van der Waals surface area contributed by atoms with Gasteiger partial charge in [0.15, 0.2) is 6.61 Å². The maximum absolute atomic E-state index is 12.3. The highest BCUT2D eigenvalue weighted by Crippen LogP contribution is 2.19. The summed E-state index contributed by atoms with van der Waals surface area (Å²) in [6.07, 6.45) is 0.0516. The quantitative estimate of drug-likeness (QED) is 0.740. The van der Waals surface area contributed by atoms with E-state index in [1.807, 2.05) is 31.2 Å². The summed E-state index contributed by atoms with van der Waals surface area (Å²) in [5, 5.41) is 18.9. The number of ether oxygens (including phenoxy) is 1. The number of likely N-dealkylation sites (N-methyl/N-ethyl adjacent to an activating group) is 1. The Morgan fingerprint density at radius 2 is 2.04 bits per heavy atom. The van der Waals surface area contributed by atoms with Crippen LogP contribution >= 0.6 is 0 Å². The van der Waals surface area contributed by atoms with Crippen LogP contribution in [-0.4, -0.2) is 77.3 Å². The van der Waals surface area contributed by atoms with E-state index in [2.05, 4.69) is 0 Å². The number of carbonyl (C=O) groups excluding carboxylic acids is 1. The smallest absolute Gasteiger partial charge is 0.317 e. The second-order valence-electron chi connectivity index (χ2n) is 5.99. The number of para-hydroxylation sites is 1. The van der Waals surface area contributed by atoms with E-state index in [-0.39, 0.29) is 31.6 Å². The van der Waals surface area contributed by atoms with Crippen LogP contribution in [0.2, 0.25) is 0 Å². The molecule has 1 amide bonds. The summed E-state index contributed by atoms with van der Waals surface area (Å²) < 4.78 is 5.62. The zero-order chi connectivity index (χ0) is 17.7. The number of hydrogen-bond donors (Lipinski definition) is 2. The zero-order valence-electron chi connectivity index (χ0n) is 14.0. The van der Waals surface area contributed by atoms with Crippen LogP contribution in [-0.2, 0) is 16.0 Å². The van der Waals surface area contributed by atoms with E-state index in [1.165, 1.54) is 4.90 Å². The molecule has 2 N–H and O–H groups in total. The number of aliphatic hydroxyl groups excluding tert-OH is 1. The van der Waals surface area contributed by atoms with Gasteiger partial charge in [-0.15, -0.1) is 0 Å². The lowest BCUT2D eigenvalue weighted by atomic mass is 10.1. The number of hydrogen-bond acceptors (Lipinski definition) is 5. The first-order valence-electron chi connectivity index (χ1n) is 8.01. The maximum atomic E-state index is 12.3. The molecule has 0 radical (unpaired) electrons. The lowest BCUT2D eigenvalue weighted by Gasteiger charge is -2.24. The van der Waals surface area contributed by atoms with Gasteiger partial charge in [0.05, 0.1) is 18.7 Å². The topological polar surface area (TPSA) is 90.3 Å². The largest absolute Gasteiger partial charge is 0.483 e. The molecule has 1 fully saturated rings. The number of carboxylic acid groups (broad SMARTS) is 1. The average molecular weight is 336 g/mol. The van der Waals surface area contributed by atoms with Crippen molar-refractivity contribution in [1.29, 1.82) is 0 Å². The molecule has 2 rings (SSSR count). The van der Waals surface area contributed by atoms with E-state index in [1.54, 1.807) is 11.9 Å². The summed E-state index contributed by atoms with van der Waals surface area (Å²) in [6, 6.07) is 7.18. The second-order valence-corrected chi connectivity index (χ2v) is 5.99. The van der Waals surface area contributed by atoms with Crippen LogP contribution in [0.5, 0.6) is 5.75 Å². The monoisotopic (exact) mass is 336 g/mol.